The molecule has 2 heterocycles. The number of rotatable bonds is 7. The molecule has 1 fully saturated rings. The Morgan fingerprint density at radius 2 is 1.92 bits per heavy atom. The number of fused-ring (bicyclic) bond motifs is 3. The number of carbonyl (C=O) groups excluding carboxylic acids is 1. The quantitative estimate of drug-likeness (QED) is 0.325. The van der Waals surface area contributed by atoms with Gasteiger partial charge in [-0.05, 0) is 23.3 Å². The van der Waals surface area contributed by atoms with Crippen LogP contribution in [0.15, 0.2) is 65.1 Å². The van der Waals surface area contributed by atoms with Gasteiger partial charge >= 0.3 is 6.09 Å². The molecule has 39 heavy (non-hydrogen) atoms. The molecule has 0 spiro atoms. The zero-order valence-corrected chi connectivity index (χ0v) is 22.8. The summed E-state index contributed by atoms with van der Waals surface area (Å²) in [7, 11) is 1.35. The van der Waals surface area contributed by atoms with Crippen molar-refractivity contribution in [2.45, 2.75) is 29.6 Å². The normalized spacial score (nSPS) is 27.0. The zero-order valence-electron chi connectivity index (χ0n) is 20.5. The number of nitrogens with zero attached hydrogens (tertiary/aromatic N) is 1. The Hall–Kier alpha value is -2.99. The summed E-state index contributed by atoms with van der Waals surface area (Å²) >= 11 is 9.67. The highest BCUT2D eigenvalue weighted by atomic mass is 79.9. The summed E-state index contributed by atoms with van der Waals surface area (Å²) in [5.41, 5.74) is -2.55. The number of halogens is 4. The van der Waals surface area contributed by atoms with Crippen LogP contribution in [0.3, 0.4) is 0 Å². The van der Waals surface area contributed by atoms with Crippen molar-refractivity contribution < 1.29 is 38.0 Å². The van der Waals surface area contributed by atoms with E-state index in [9.17, 15) is 23.8 Å². The SMILES string of the molecule is COc1nc(Cl)cc2c1[C@]1(O)[C@H](O)[C@H](COC(=O)NCC(F)F)[C@@H](c3ccccc3)[C@]1(c1ccc(Br)cc1)O2. The number of ether oxygens (including phenoxy) is 3. The van der Waals surface area contributed by atoms with Crippen molar-refractivity contribution in [3.63, 3.8) is 0 Å². The lowest BCUT2D eigenvalue weighted by Gasteiger charge is -2.40. The van der Waals surface area contributed by atoms with Crippen LogP contribution in [0.2, 0.25) is 5.15 Å². The van der Waals surface area contributed by atoms with Crippen LogP contribution in [-0.4, -0.2) is 54.1 Å². The third-order valence-corrected chi connectivity index (χ3v) is 7.99. The standard InChI is InChI=1S/C27H24BrClF2N2O6/c1-37-24-22-18(11-19(29)33-24)39-27(15-7-9-16(28)10-8-15)21(14-5-3-2-4-6-14)17(23(34)26(22,27)36)13-38-25(35)32-12-20(30)31/h2-11,17,20-21,23,34,36H,12-13H2,1H3,(H,32,35)/t17-,21-,23-,26+,27+/m1/s1. The molecule has 2 aromatic carbocycles. The van der Waals surface area contributed by atoms with Gasteiger partial charge in [0.1, 0.15) is 10.9 Å². The number of amides is 1. The summed E-state index contributed by atoms with van der Waals surface area (Å²) in [5, 5.41) is 26.6. The van der Waals surface area contributed by atoms with Crippen LogP contribution in [0.25, 0.3) is 0 Å². The first kappa shape index (κ1) is 27.6. The van der Waals surface area contributed by atoms with Gasteiger partial charge in [0, 0.05) is 22.4 Å². The average Bonchev–Trinajstić information content (AvgIpc) is 3.28. The predicted octanol–water partition coefficient (Wildman–Crippen LogP) is 4.75. The molecule has 3 N–H and O–H groups in total. The molecule has 2 aliphatic rings. The van der Waals surface area contributed by atoms with Crippen molar-refractivity contribution in [3.8, 4) is 11.6 Å². The van der Waals surface area contributed by atoms with Crippen molar-refractivity contribution in [1.82, 2.24) is 10.3 Å². The summed E-state index contributed by atoms with van der Waals surface area (Å²) in [6.07, 6.45) is -5.43. The van der Waals surface area contributed by atoms with Gasteiger partial charge in [-0.15, -0.1) is 0 Å². The second-order valence-corrected chi connectivity index (χ2v) is 10.6. The third-order valence-electron chi connectivity index (χ3n) is 7.27. The first-order valence-corrected chi connectivity index (χ1v) is 13.1. The molecule has 1 amide bonds. The number of aliphatic hydroxyl groups excluding tert-OH is 1. The Kier molecular flexibility index (Phi) is 7.45. The molecular formula is C27H24BrClF2N2O6. The predicted molar refractivity (Wildman–Crippen MR) is 140 cm³/mol. The Balaban J connectivity index is 1.71. The number of hydrogen-bond acceptors (Lipinski definition) is 7. The lowest BCUT2D eigenvalue weighted by molar-refractivity contribution is -0.153. The number of aromatic nitrogens is 1. The highest BCUT2D eigenvalue weighted by Gasteiger charge is 2.77. The molecule has 12 heteroatoms. The van der Waals surface area contributed by atoms with Crippen LogP contribution in [0.4, 0.5) is 13.6 Å². The molecule has 1 aromatic heterocycles. The molecule has 0 bridgehead atoms. The molecule has 1 aliphatic heterocycles. The van der Waals surface area contributed by atoms with Crippen LogP contribution in [-0.2, 0) is 15.9 Å². The number of aliphatic hydroxyl groups is 2. The number of hydrogen-bond donors (Lipinski definition) is 3. The zero-order chi connectivity index (χ0) is 27.9. The summed E-state index contributed by atoms with van der Waals surface area (Å²) in [5.74, 6) is -1.63. The Morgan fingerprint density at radius 3 is 2.56 bits per heavy atom. The van der Waals surface area contributed by atoms with Gasteiger partial charge in [0.05, 0.1) is 31.9 Å². The monoisotopic (exact) mass is 624 g/mol. The van der Waals surface area contributed by atoms with Gasteiger partial charge in [-0.25, -0.2) is 18.6 Å². The Labute approximate surface area is 236 Å². The fraction of sp³-hybridized carbons (Fsp3) is 0.333. The summed E-state index contributed by atoms with van der Waals surface area (Å²) in [4.78, 5) is 16.4. The fourth-order valence-electron chi connectivity index (χ4n) is 5.82. The lowest BCUT2D eigenvalue weighted by Crippen LogP contribution is -2.52. The number of pyridine rings is 1. The van der Waals surface area contributed by atoms with E-state index in [4.69, 9.17) is 25.8 Å². The van der Waals surface area contributed by atoms with Crippen molar-refractivity contribution >= 4 is 33.6 Å². The highest BCUT2D eigenvalue weighted by Crippen LogP contribution is 2.69. The maximum Gasteiger partial charge on any atom is 0.407 e. The summed E-state index contributed by atoms with van der Waals surface area (Å²) in [6.45, 7) is -1.31. The molecule has 3 aromatic rings. The van der Waals surface area contributed by atoms with E-state index >= 15 is 0 Å². The Morgan fingerprint density at radius 1 is 1.23 bits per heavy atom. The fourth-order valence-corrected chi connectivity index (χ4v) is 6.26. The van der Waals surface area contributed by atoms with E-state index in [1.807, 2.05) is 23.5 Å². The maximum absolute atomic E-state index is 12.7. The molecule has 8 nitrogen and oxygen atoms in total. The number of benzene rings is 2. The number of methoxy groups -OCH3 is 1. The first-order valence-electron chi connectivity index (χ1n) is 12.0. The van der Waals surface area contributed by atoms with E-state index in [0.29, 0.717) is 11.1 Å². The smallest absolute Gasteiger partial charge is 0.407 e. The Bertz CT molecular complexity index is 1370. The van der Waals surface area contributed by atoms with Gasteiger partial charge in [-0.2, -0.15) is 0 Å². The second-order valence-electron chi connectivity index (χ2n) is 9.31. The van der Waals surface area contributed by atoms with Gasteiger partial charge in [0.15, 0.2) is 11.2 Å². The molecule has 1 saturated carbocycles. The highest BCUT2D eigenvalue weighted by molar-refractivity contribution is 9.10. The summed E-state index contributed by atoms with van der Waals surface area (Å²) < 4.78 is 43.4. The van der Waals surface area contributed by atoms with E-state index in [1.54, 1.807) is 36.4 Å². The maximum atomic E-state index is 12.7. The molecule has 1 aliphatic carbocycles. The van der Waals surface area contributed by atoms with Gasteiger partial charge in [-0.1, -0.05) is 70.0 Å². The largest absolute Gasteiger partial charge is 0.481 e. The van der Waals surface area contributed by atoms with E-state index < -0.39 is 54.8 Å². The molecule has 0 radical (unpaired) electrons. The average molecular weight is 626 g/mol. The van der Waals surface area contributed by atoms with Crippen LogP contribution in [0.1, 0.15) is 22.6 Å². The van der Waals surface area contributed by atoms with Crippen molar-refractivity contribution in [1.29, 1.82) is 0 Å². The summed E-state index contributed by atoms with van der Waals surface area (Å²) in [6, 6.07) is 17.5. The number of nitrogens with one attached hydrogen (secondary N) is 1. The number of alkyl halides is 2. The minimum atomic E-state index is -2.76. The van der Waals surface area contributed by atoms with Gasteiger partial charge in [0.25, 0.3) is 6.43 Å². The van der Waals surface area contributed by atoms with Crippen LogP contribution >= 0.6 is 27.5 Å². The van der Waals surface area contributed by atoms with Gasteiger partial charge in [0.2, 0.25) is 5.88 Å². The van der Waals surface area contributed by atoms with Crippen LogP contribution < -0.4 is 14.8 Å². The van der Waals surface area contributed by atoms with Crippen molar-refractivity contribution in [2.75, 3.05) is 20.3 Å². The van der Waals surface area contributed by atoms with Gasteiger partial charge in [-0.3, -0.25) is 0 Å². The van der Waals surface area contributed by atoms with E-state index in [2.05, 4.69) is 20.9 Å². The minimum Gasteiger partial charge on any atom is -0.481 e. The topological polar surface area (TPSA) is 110 Å². The van der Waals surface area contributed by atoms with Crippen LogP contribution in [0.5, 0.6) is 11.6 Å². The van der Waals surface area contributed by atoms with E-state index in [-0.39, 0.29) is 22.3 Å². The van der Waals surface area contributed by atoms with Crippen molar-refractivity contribution in [3.05, 3.63) is 87.0 Å². The molecular weight excluding hydrogens is 602 g/mol. The number of carbonyl (C=O) groups is 1. The molecule has 0 saturated heterocycles. The third kappa shape index (κ3) is 4.41. The van der Waals surface area contributed by atoms with E-state index in [1.165, 1.54) is 13.2 Å². The van der Waals surface area contributed by atoms with E-state index in [0.717, 1.165) is 4.47 Å². The lowest BCUT2D eigenvalue weighted by atomic mass is 9.71. The van der Waals surface area contributed by atoms with Gasteiger partial charge < -0.3 is 29.7 Å². The van der Waals surface area contributed by atoms with Crippen LogP contribution in [0, 0.1) is 5.92 Å². The van der Waals surface area contributed by atoms with Crippen molar-refractivity contribution in [2.24, 2.45) is 5.92 Å². The minimum absolute atomic E-state index is 0.0407. The molecule has 5 rings (SSSR count). The first-order chi connectivity index (χ1) is 18.6. The molecule has 206 valence electrons. The second kappa shape index (κ2) is 10.5. The molecule has 5 atom stereocenters. The molecule has 0 unspecified atom stereocenters. The number of alkyl carbamates (subject to hydrolysis) is 1.